The minimum absolute atomic E-state index is 0.0579. The minimum Gasteiger partial charge on any atom is -0.376 e. The van der Waals surface area contributed by atoms with Crippen molar-refractivity contribution in [1.29, 1.82) is 0 Å². The normalized spacial score (nSPS) is 19.4. The number of hydrogen-bond donors (Lipinski definition) is 1. The van der Waals surface area contributed by atoms with Crippen molar-refractivity contribution in [3.05, 3.63) is 59.4 Å². The molecule has 6 heteroatoms. The molecule has 0 unspecified atom stereocenters. The van der Waals surface area contributed by atoms with E-state index in [1.807, 2.05) is 48.7 Å². The zero-order valence-electron chi connectivity index (χ0n) is 16.0. The number of piperidine rings is 1. The van der Waals surface area contributed by atoms with Crippen LogP contribution in [0.25, 0.3) is 6.08 Å². The summed E-state index contributed by atoms with van der Waals surface area (Å²) in [5.74, 6) is 0.825. The predicted octanol–water partition coefficient (Wildman–Crippen LogP) is 2.74. The average molecular weight is 378 g/mol. The highest BCUT2D eigenvalue weighted by Gasteiger charge is 2.24. The zero-order chi connectivity index (χ0) is 19.2. The van der Waals surface area contributed by atoms with Gasteiger partial charge >= 0.3 is 0 Å². The number of hydrogen-bond acceptors (Lipinski definition) is 5. The third-order valence-corrected chi connectivity index (χ3v) is 5.16. The molecule has 2 aliphatic rings. The Morgan fingerprint density at radius 3 is 3.11 bits per heavy atom. The van der Waals surface area contributed by atoms with Crippen molar-refractivity contribution < 1.29 is 9.53 Å². The molecular weight excluding hydrogens is 352 g/mol. The van der Waals surface area contributed by atoms with Crippen molar-refractivity contribution in [1.82, 2.24) is 15.3 Å². The fraction of sp³-hybridized carbons (Fsp3) is 0.409. The number of carbonyl (C=O) groups is 1. The van der Waals surface area contributed by atoms with Crippen molar-refractivity contribution in [3.63, 3.8) is 0 Å². The van der Waals surface area contributed by atoms with E-state index in [0.29, 0.717) is 13.0 Å². The Labute approximate surface area is 165 Å². The number of carbonyl (C=O) groups excluding carboxylic acids is 1. The monoisotopic (exact) mass is 378 g/mol. The molecule has 2 aliphatic heterocycles. The molecule has 1 atom stereocenters. The first-order valence-electron chi connectivity index (χ1n) is 9.96. The van der Waals surface area contributed by atoms with Crippen LogP contribution in [0.3, 0.4) is 0 Å². The van der Waals surface area contributed by atoms with Gasteiger partial charge in [-0.15, -0.1) is 0 Å². The largest absolute Gasteiger partial charge is 0.376 e. The van der Waals surface area contributed by atoms with Crippen LogP contribution in [0.4, 0.5) is 5.95 Å². The smallest absolute Gasteiger partial charge is 0.225 e. The molecule has 3 heterocycles. The number of nitrogens with one attached hydrogen (secondary N) is 1. The first-order valence-corrected chi connectivity index (χ1v) is 9.96. The van der Waals surface area contributed by atoms with Gasteiger partial charge in [-0.2, -0.15) is 0 Å². The molecule has 1 saturated heterocycles. The van der Waals surface area contributed by atoms with Crippen molar-refractivity contribution in [2.24, 2.45) is 0 Å². The van der Waals surface area contributed by atoms with E-state index in [1.165, 1.54) is 0 Å². The second-order valence-corrected chi connectivity index (χ2v) is 7.31. The summed E-state index contributed by atoms with van der Waals surface area (Å²) in [6.45, 7) is 3.00. The molecule has 146 valence electrons. The van der Waals surface area contributed by atoms with Gasteiger partial charge in [0.25, 0.3) is 0 Å². The highest BCUT2D eigenvalue weighted by atomic mass is 16.5. The Hall–Kier alpha value is -2.73. The van der Waals surface area contributed by atoms with E-state index in [9.17, 15) is 4.79 Å². The molecule has 28 heavy (non-hydrogen) atoms. The lowest BCUT2D eigenvalue weighted by molar-refractivity contribution is -0.121. The quantitative estimate of drug-likeness (QED) is 0.867. The second-order valence-electron chi connectivity index (χ2n) is 7.31. The van der Waals surface area contributed by atoms with Crippen LogP contribution in [0.15, 0.2) is 42.6 Å². The van der Waals surface area contributed by atoms with Crippen LogP contribution in [0.5, 0.6) is 0 Å². The number of benzene rings is 1. The topological polar surface area (TPSA) is 67.4 Å². The Kier molecular flexibility index (Phi) is 5.97. The first-order chi connectivity index (χ1) is 13.8. The van der Waals surface area contributed by atoms with E-state index in [2.05, 4.69) is 15.2 Å². The number of anilines is 1. The van der Waals surface area contributed by atoms with E-state index >= 15 is 0 Å². The molecule has 1 aromatic carbocycles. The molecule has 2 aromatic rings. The summed E-state index contributed by atoms with van der Waals surface area (Å²) in [6.07, 6.45) is 9.02. The minimum atomic E-state index is 0.0579. The molecule has 0 spiro atoms. The fourth-order valence-corrected chi connectivity index (χ4v) is 3.70. The maximum atomic E-state index is 12.3. The molecular formula is C22H26N4O2. The number of nitrogens with zero attached hydrogens (tertiary/aromatic N) is 3. The predicted molar refractivity (Wildman–Crippen MR) is 109 cm³/mol. The SMILES string of the molecule is O=C(C/C=C/c1ccccc1)N[C@@H]1CCCN(c2ncc3c(n2)CCOC3)C1. The maximum absolute atomic E-state index is 12.3. The van der Waals surface area contributed by atoms with Gasteiger partial charge in [0.15, 0.2) is 0 Å². The van der Waals surface area contributed by atoms with Crippen LogP contribution in [0, 0.1) is 0 Å². The van der Waals surface area contributed by atoms with Gasteiger partial charge in [0, 0.05) is 43.7 Å². The summed E-state index contributed by atoms with van der Waals surface area (Å²) in [5.41, 5.74) is 3.28. The number of rotatable bonds is 5. The summed E-state index contributed by atoms with van der Waals surface area (Å²) in [4.78, 5) is 23.8. The number of ether oxygens (including phenoxy) is 1. The van der Waals surface area contributed by atoms with E-state index in [1.54, 1.807) is 0 Å². The van der Waals surface area contributed by atoms with Crippen LogP contribution in [0.1, 0.15) is 36.1 Å². The van der Waals surface area contributed by atoms with Gasteiger partial charge < -0.3 is 15.0 Å². The number of fused-ring (bicyclic) bond motifs is 1. The molecule has 4 rings (SSSR count). The number of aromatic nitrogens is 2. The molecule has 0 radical (unpaired) electrons. The summed E-state index contributed by atoms with van der Waals surface area (Å²) < 4.78 is 5.46. The van der Waals surface area contributed by atoms with E-state index in [-0.39, 0.29) is 11.9 Å². The van der Waals surface area contributed by atoms with Gasteiger partial charge in [0.1, 0.15) is 0 Å². The van der Waals surface area contributed by atoms with E-state index in [0.717, 1.165) is 61.7 Å². The Bertz CT molecular complexity index is 838. The molecule has 6 nitrogen and oxygen atoms in total. The average Bonchev–Trinajstić information content (AvgIpc) is 2.74. The fourth-order valence-electron chi connectivity index (χ4n) is 3.70. The lowest BCUT2D eigenvalue weighted by Gasteiger charge is -2.33. The molecule has 0 aliphatic carbocycles. The van der Waals surface area contributed by atoms with Crippen molar-refractivity contribution in [2.45, 2.75) is 38.3 Å². The van der Waals surface area contributed by atoms with Crippen LogP contribution < -0.4 is 10.2 Å². The number of amides is 1. The van der Waals surface area contributed by atoms with Crippen LogP contribution in [0.2, 0.25) is 0 Å². The summed E-state index contributed by atoms with van der Waals surface area (Å²) in [7, 11) is 0. The van der Waals surface area contributed by atoms with Crippen LogP contribution in [-0.4, -0.2) is 41.6 Å². The summed E-state index contributed by atoms with van der Waals surface area (Å²) >= 11 is 0. The van der Waals surface area contributed by atoms with Gasteiger partial charge in [-0.25, -0.2) is 9.97 Å². The van der Waals surface area contributed by atoms with Gasteiger partial charge in [-0.3, -0.25) is 4.79 Å². The van der Waals surface area contributed by atoms with Crippen LogP contribution >= 0.6 is 0 Å². The Morgan fingerprint density at radius 1 is 1.32 bits per heavy atom. The lowest BCUT2D eigenvalue weighted by atomic mass is 10.1. The first kappa shape index (κ1) is 18.6. The van der Waals surface area contributed by atoms with Gasteiger partial charge in [0.2, 0.25) is 11.9 Å². The molecule has 1 fully saturated rings. The standard InChI is InChI=1S/C22H26N4O2/c27-21(10-4-8-17-6-2-1-3-7-17)24-19-9-5-12-26(15-19)22-23-14-18-16-28-13-11-20(18)25-22/h1-4,6-8,14,19H,5,9-13,15-16H2,(H,24,27)/b8-4+/t19-/m1/s1. The van der Waals surface area contributed by atoms with E-state index < -0.39 is 0 Å². The van der Waals surface area contributed by atoms with Crippen molar-refractivity contribution in [2.75, 3.05) is 24.6 Å². The Morgan fingerprint density at radius 2 is 2.21 bits per heavy atom. The third kappa shape index (κ3) is 4.75. The zero-order valence-corrected chi connectivity index (χ0v) is 16.0. The summed E-state index contributed by atoms with van der Waals surface area (Å²) in [6, 6.07) is 10.2. The highest BCUT2D eigenvalue weighted by Crippen LogP contribution is 2.20. The lowest BCUT2D eigenvalue weighted by Crippen LogP contribution is -2.48. The van der Waals surface area contributed by atoms with Crippen molar-refractivity contribution in [3.8, 4) is 0 Å². The van der Waals surface area contributed by atoms with Gasteiger partial charge in [-0.1, -0.05) is 42.5 Å². The molecule has 0 saturated carbocycles. The highest BCUT2D eigenvalue weighted by molar-refractivity contribution is 5.78. The second kappa shape index (κ2) is 8.97. The maximum Gasteiger partial charge on any atom is 0.225 e. The summed E-state index contributed by atoms with van der Waals surface area (Å²) in [5, 5.41) is 3.16. The van der Waals surface area contributed by atoms with Crippen LogP contribution in [-0.2, 0) is 22.6 Å². The van der Waals surface area contributed by atoms with Gasteiger partial charge in [-0.05, 0) is 18.4 Å². The Balaban J connectivity index is 1.31. The molecule has 1 N–H and O–H groups in total. The molecule has 1 aromatic heterocycles. The van der Waals surface area contributed by atoms with Crippen molar-refractivity contribution >= 4 is 17.9 Å². The molecule has 1 amide bonds. The molecule has 0 bridgehead atoms. The van der Waals surface area contributed by atoms with E-state index in [4.69, 9.17) is 9.72 Å². The van der Waals surface area contributed by atoms with Gasteiger partial charge in [0.05, 0.1) is 18.9 Å². The third-order valence-electron chi connectivity index (χ3n) is 5.16.